The Morgan fingerprint density at radius 2 is 1.58 bits per heavy atom. The highest BCUT2D eigenvalue weighted by Crippen LogP contribution is 2.30. The molecule has 0 aliphatic carbocycles. The van der Waals surface area contributed by atoms with Crippen LogP contribution in [-0.4, -0.2) is 40.7 Å². The van der Waals surface area contributed by atoms with Crippen molar-refractivity contribution in [3.05, 3.63) is 23.0 Å². The second kappa shape index (κ2) is 7.08. The van der Waals surface area contributed by atoms with Crippen LogP contribution >= 0.6 is 0 Å². The number of rotatable bonds is 6. The maximum absolute atomic E-state index is 11.9. The third kappa shape index (κ3) is 5.43. The minimum atomic E-state index is -2.17. The van der Waals surface area contributed by atoms with E-state index in [2.05, 4.69) is 0 Å². The normalized spacial score (nSPS) is 30.1. The Bertz CT molecular complexity index is 392. The maximum atomic E-state index is 11.9. The lowest BCUT2D eigenvalue weighted by Crippen LogP contribution is -2.45. The predicted octanol–water partition coefficient (Wildman–Crippen LogP) is 2.04. The monoisotopic (exact) mass is 322 g/mol. The molecule has 0 aromatic heterocycles. The SMILES string of the molecule is CC=CS(=O)CC1(CS(=O)C=CC)CO[Si](C)(C)O1. The van der Waals surface area contributed by atoms with Gasteiger partial charge in [-0.25, -0.2) is 0 Å². The van der Waals surface area contributed by atoms with E-state index in [1.807, 2.05) is 26.9 Å². The summed E-state index contributed by atoms with van der Waals surface area (Å²) in [5.41, 5.74) is -0.690. The van der Waals surface area contributed by atoms with Gasteiger partial charge in [0.05, 0.1) is 18.1 Å². The molecular formula is C12H22O4S2Si. The Labute approximate surface area is 121 Å². The van der Waals surface area contributed by atoms with E-state index in [1.54, 1.807) is 23.0 Å². The van der Waals surface area contributed by atoms with Crippen LogP contribution in [0.4, 0.5) is 0 Å². The molecule has 1 saturated heterocycles. The summed E-state index contributed by atoms with van der Waals surface area (Å²) in [7, 11) is -4.42. The van der Waals surface area contributed by atoms with Gasteiger partial charge < -0.3 is 8.85 Å². The fraction of sp³-hybridized carbons (Fsp3) is 0.667. The Balaban J connectivity index is 2.86. The van der Waals surface area contributed by atoms with Gasteiger partial charge in [-0.2, -0.15) is 0 Å². The summed E-state index contributed by atoms with van der Waals surface area (Å²) in [4.78, 5) is 0. The lowest BCUT2D eigenvalue weighted by Gasteiger charge is -2.27. The third-order valence-electron chi connectivity index (χ3n) is 2.53. The summed E-state index contributed by atoms with van der Waals surface area (Å²) in [5.74, 6) is 0.661. The second-order valence-corrected chi connectivity index (χ2v) is 10.9. The van der Waals surface area contributed by atoms with Crippen LogP contribution in [0.25, 0.3) is 0 Å². The molecule has 1 heterocycles. The molecule has 0 bridgehead atoms. The maximum Gasteiger partial charge on any atom is 0.332 e. The van der Waals surface area contributed by atoms with Gasteiger partial charge >= 0.3 is 8.56 Å². The molecule has 7 heteroatoms. The molecule has 0 aromatic rings. The van der Waals surface area contributed by atoms with Crippen LogP contribution < -0.4 is 0 Å². The molecule has 4 nitrogen and oxygen atoms in total. The van der Waals surface area contributed by atoms with E-state index in [-0.39, 0.29) is 0 Å². The van der Waals surface area contributed by atoms with Crippen molar-refractivity contribution in [1.82, 2.24) is 0 Å². The molecule has 1 aliphatic heterocycles. The van der Waals surface area contributed by atoms with E-state index < -0.39 is 35.8 Å². The smallest absolute Gasteiger partial charge is 0.332 e. The van der Waals surface area contributed by atoms with Gasteiger partial charge in [0, 0.05) is 21.6 Å². The summed E-state index contributed by atoms with van der Waals surface area (Å²) < 4.78 is 35.6. The molecule has 1 fully saturated rings. The van der Waals surface area contributed by atoms with E-state index in [0.717, 1.165) is 0 Å². The zero-order valence-corrected chi connectivity index (χ0v) is 14.5. The summed E-state index contributed by atoms with van der Waals surface area (Å²) >= 11 is 0. The van der Waals surface area contributed by atoms with Crippen molar-refractivity contribution in [1.29, 1.82) is 0 Å². The van der Waals surface area contributed by atoms with Gasteiger partial charge in [0.2, 0.25) is 0 Å². The van der Waals surface area contributed by atoms with Crippen molar-refractivity contribution < 1.29 is 17.3 Å². The van der Waals surface area contributed by atoms with Crippen LogP contribution in [0.15, 0.2) is 23.0 Å². The quantitative estimate of drug-likeness (QED) is 0.702. The first-order valence-electron chi connectivity index (χ1n) is 6.17. The summed E-state index contributed by atoms with van der Waals surface area (Å²) in [5, 5.41) is 3.27. The van der Waals surface area contributed by atoms with Gasteiger partial charge in [-0.3, -0.25) is 8.42 Å². The van der Waals surface area contributed by atoms with E-state index in [9.17, 15) is 8.42 Å². The zero-order valence-electron chi connectivity index (χ0n) is 11.9. The fourth-order valence-electron chi connectivity index (χ4n) is 1.99. The first-order chi connectivity index (χ1) is 8.82. The average Bonchev–Trinajstić information content (AvgIpc) is 2.54. The van der Waals surface area contributed by atoms with Gasteiger partial charge in [-0.15, -0.1) is 0 Å². The number of hydrogen-bond acceptors (Lipinski definition) is 4. The van der Waals surface area contributed by atoms with Crippen LogP contribution in [0.1, 0.15) is 13.8 Å². The molecule has 110 valence electrons. The topological polar surface area (TPSA) is 52.6 Å². The first kappa shape index (κ1) is 17.0. The molecule has 0 spiro atoms. The Morgan fingerprint density at radius 1 is 1.11 bits per heavy atom. The molecule has 2 atom stereocenters. The lowest BCUT2D eigenvalue weighted by atomic mass is 10.1. The van der Waals surface area contributed by atoms with E-state index in [1.165, 1.54) is 0 Å². The van der Waals surface area contributed by atoms with Gasteiger partial charge in [-0.05, 0) is 37.8 Å². The van der Waals surface area contributed by atoms with Crippen LogP contribution in [0.3, 0.4) is 0 Å². The largest absolute Gasteiger partial charge is 0.391 e. The van der Waals surface area contributed by atoms with Gasteiger partial charge in [0.25, 0.3) is 0 Å². The third-order valence-corrected chi connectivity index (χ3v) is 7.07. The molecule has 0 aromatic carbocycles. The van der Waals surface area contributed by atoms with E-state index in [0.29, 0.717) is 18.1 Å². The summed E-state index contributed by atoms with van der Waals surface area (Å²) in [6, 6.07) is 0. The van der Waals surface area contributed by atoms with E-state index in [4.69, 9.17) is 8.85 Å². The molecule has 0 amide bonds. The standard InChI is InChI=1S/C12H22O4S2Si/c1-5-7-17(13)10-12(11-18(14)8-6-2)9-15-19(3,4)16-12/h5-8H,9-11H2,1-4H3. The molecule has 0 N–H and O–H groups in total. The van der Waals surface area contributed by atoms with Gasteiger partial charge in [-0.1, -0.05) is 12.2 Å². The van der Waals surface area contributed by atoms with Crippen LogP contribution in [0, 0.1) is 0 Å². The van der Waals surface area contributed by atoms with Crippen molar-refractivity contribution >= 4 is 30.2 Å². The highest BCUT2D eigenvalue weighted by molar-refractivity contribution is 7.89. The van der Waals surface area contributed by atoms with Crippen molar-refractivity contribution in [2.24, 2.45) is 0 Å². The highest BCUT2D eigenvalue weighted by atomic mass is 32.2. The van der Waals surface area contributed by atoms with Crippen molar-refractivity contribution in [2.75, 3.05) is 18.1 Å². The molecule has 0 radical (unpaired) electrons. The van der Waals surface area contributed by atoms with Gasteiger partial charge in [0.15, 0.2) is 0 Å². The predicted molar refractivity (Wildman–Crippen MR) is 82.9 cm³/mol. The molecule has 1 rings (SSSR count). The molecule has 1 aliphatic rings. The first-order valence-corrected chi connectivity index (χ1v) is 11.7. The average molecular weight is 323 g/mol. The lowest BCUT2D eigenvalue weighted by molar-refractivity contribution is 0.142. The van der Waals surface area contributed by atoms with Crippen molar-refractivity contribution in [2.45, 2.75) is 32.5 Å². The minimum absolute atomic E-state index is 0.330. The zero-order chi connectivity index (χ0) is 14.5. The molecular weight excluding hydrogens is 300 g/mol. The molecule has 2 unspecified atom stereocenters. The van der Waals surface area contributed by atoms with Crippen LogP contribution in [0.5, 0.6) is 0 Å². The molecule has 0 saturated carbocycles. The Morgan fingerprint density at radius 3 is 1.89 bits per heavy atom. The van der Waals surface area contributed by atoms with E-state index >= 15 is 0 Å². The second-order valence-electron chi connectivity index (χ2n) is 4.96. The van der Waals surface area contributed by atoms with Crippen molar-refractivity contribution in [3.63, 3.8) is 0 Å². The highest BCUT2D eigenvalue weighted by Gasteiger charge is 2.48. The number of hydrogen-bond donors (Lipinski definition) is 0. The molecule has 19 heavy (non-hydrogen) atoms. The number of allylic oxidation sites excluding steroid dienone is 2. The van der Waals surface area contributed by atoms with Gasteiger partial charge in [0.1, 0.15) is 5.60 Å². The van der Waals surface area contributed by atoms with Crippen molar-refractivity contribution in [3.8, 4) is 0 Å². The Hall–Kier alpha value is -0.0831. The summed E-state index contributed by atoms with van der Waals surface area (Å²) in [6.07, 6.45) is 3.51. The summed E-state index contributed by atoms with van der Waals surface area (Å²) in [6.45, 7) is 7.93. The Kier molecular flexibility index (Phi) is 6.32. The van der Waals surface area contributed by atoms with Crippen LogP contribution in [-0.2, 0) is 30.5 Å². The fourth-order valence-corrected chi connectivity index (χ4v) is 6.57. The minimum Gasteiger partial charge on any atom is -0.391 e. The van der Waals surface area contributed by atoms with Crippen LogP contribution in [0.2, 0.25) is 13.1 Å².